The van der Waals surface area contributed by atoms with Gasteiger partial charge >= 0.3 is 0 Å². The van der Waals surface area contributed by atoms with Crippen molar-refractivity contribution in [3.05, 3.63) is 65.7 Å². The molecular formula is C19H25NO2. The van der Waals surface area contributed by atoms with E-state index in [1.165, 1.54) is 5.56 Å². The molecule has 0 aromatic heterocycles. The summed E-state index contributed by atoms with van der Waals surface area (Å²) in [5.41, 5.74) is 2.15. The molecule has 0 fully saturated rings. The van der Waals surface area contributed by atoms with Gasteiger partial charge in [-0.3, -0.25) is 4.90 Å². The van der Waals surface area contributed by atoms with E-state index in [2.05, 4.69) is 30.9 Å². The predicted octanol–water partition coefficient (Wildman–Crippen LogP) is 3.64. The normalized spacial score (nSPS) is 12.6. The molecule has 22 heavy (non-hydrogen) atoms. The maximum Gasteiger partial charge on any atom is 0.119 e. The van der Waals surface area contributed by atoms with Gasteiger partial charge in [-0.15, -0.1) is 0 Å². The Balaban J connectivity index is 2.06. The van der Waals surface area contributed by atoms with Crippen LogP contribution in [0, 0.1) is 0 Å². The molecule has 2 aromatic rings. The van der Waals surface area contributed by atoms with E-state index in [9.17, 15) is 5.11 Å². The first-order valence-corrected chi connectivity index (χ1v) is 7.70. The van der Waals surface area contributed by atoms with E-state index < -0.39 is 6.10 Å². The van der Waals surface area contributed by atoms with Crippen molar-refractivity contribution in [1.82, 2.24) is 4.90 Å². The fraction of sp³-hybridized carbons (Fsp3) is 0.368. The number of methoxy groups -OCH3 is 1. The second-order valence-electron chi connectivity index (χ2n) is 5.80. The van der Waals surface area contributed by atoms with Gasteiger partial charge in [0.05, 0.1) is 13.2 Å². The summed E-state index contributed by atoms with van der Waals surface area (Å²) in [6.45, 7) is 5.74. The quantitative estimate of drug-likeness (QED) is 0.847. The highest BCUT2D eigenvalue weighted by Gasteiger charge is 2.17. The molecule has 0 aliphatic carbocycles. The number of hydrogen-bond donors (Lipinski definition) is 1. The molecule has 0 spiro atoms. The summed E-state index contributed by atoms with van der Waals surface area (Å²) in [6.07, 6.45) is -0.527. The summed E-state index contributed by atoms with van der Waals surface area (Å²) in [4.78, 5) is 2.28. The van der Waals surface area contributed by atoms with Crippen LogP contribution in [0.5, 0.6) is 5.75 Å². The lowest BCUT2D eigenvalue weighted by Crippen LogP contribution is -2.34. The molecule has 2 rings (SSSR count). The number of nitrogens with zero attached hydrogens (tertiary/aromatic N) is 1. The molecule has 1 N–H and O–H groups in total. The first-order chi connectivity index (χ1) is 10.6. The van der Waals surface area contributed by atoms with Crippen molar-refractivity contribution >= 4 is 0 Å². The number of aliphatic hydroxyl groups excluding tert-OH is 1. The summed E-state index contributed by atoms with van der Waals surface area (Å²) < 4.78 is 5.23. The number of ether oxygens (including phenoxy) is 1. The summed E-state index contributed by atoms with van der Waals surface area (Å²) >= 11 is 0. The van der Waals surface area contributed by atoms with Gasteiger partial charge in [-0.1, -0.05) is 42.5 Å². The number of rotatable bonds is 7. The van der Waals surface area contributed by atoms with Crippen LogP contribution in [0.15, 0.2) is 54.6 Å². The molecule has 3 nitrogen and oxygen atoms in total. The van der Waals surface area contributed by atoms with Crippen molar-refractivity contribution in [1.29, 1.82) is 0 Å². The second kappa shape index (κ2) is 7.97. The summed E-state index contributed by atoms with van der Waals surface area (Å²) in [5, 5.41) is 10.5. The molecule has 118 valence electrons. The van der Waals surface area contributed by atoms with Gasteiger partial charge in [0.25, 0.3) is 0 Å². The Morgan fingerprint density at radius 3 is 2.41 bits per heavy atom. The summed E-state index contributed by atoms with van der Waals surface area (Å²) in [5.74, 6) is 0.774. The van der Waals surface area contributed by atoms with Crippen LogP contribution in [0.3, 0.4) is 0 Å². The number of hydrogen-bond acceptors (Lipinski definition) is 3. The molecule has 0 aliphatic rings. The Kier molecular flexibility index (Phi) is 5.99. The van der Waals surface area contributed by atoms with Crippen molar-refractivity contribution in [3.63, 3.8) is 0 Å². The lowest BCUT2D eigenvalue weighted by atomic mass is 10.1. The lowest BCUT2D eigenvalue weighted by molar-refractivity contribution is 0.0906. The molecule has 0 radical (unpaired) electrons. The Hall–Kier alpha value is -1.84. The van der Waals surface area contributed by atoms with Crippen LogP contribution >= 0.6 is 0 Å². The fourth-order valence-corrected chi connectivity index (χ4v) is 2.45. The monoisotopic (exact) mass is 299 g/mol. The smallest absolute Gasteiger partial charge is 0.119 e. The minimum Gasteiger partial charge on any atom is -0.497 e. The Morgan fingerprint density at radius 1 is 1.05 bits per heavy atom. The van der Waals surface area contributed by atoms with Crippen molar-refractivity contribution in [2.45, 2.75) is 32.5 Å². The van der Waals surface area contributed by atoms with Crippen LogP contribution in [-0.2, 0) is 6.54 Å². The fourth-order valence-electron chi connectivity index (χ4n) is 2.45. The van der Waals surface area contributed by atoms with E-state index in [1.807, 2.05) is 42.5 Å². The van der Waals surface area contributed by atoms with E-state index in [0.717, 1.165) is 17.9 Å². The minimum atomic E-state index is -0.527. The Labute approximate surface area is 133 Å². The van der Waals surface area contributed by atoms with Gasteiger partial charge in [-0.2, -0.15) is 0 Å². The highest BCUT2D eigenvalue weighted by molar-refractivity contribution is 5.30. The van der Waals surface area contributed by atoms with Gasteiger partial charge in [0, 0.05) is 19.1 Å². The highest BCUT2D eigenvalue weighted by atomic mass is 16.5. The first-order valence-electron chi connectivity index (χ1n) is 7.70. The zero-order valence-corrected chi connectivity index (χ0v) is 13.6. The molecule has 0 aliphatic heterocycles. The molecule has 0 saturated carbocycles. The van der Waals surface area contributed by atoms with Gasteiger partial charge in [0.2, 0.25) is 0 Å². The third-order valence-corrected chi connectivity index (χ3v) is 3.84. The molecule has 1 unspecified atom stereocenters. The zero-order chi connectivity index (χ0) is 15.9. The maximum atomic E-state index is 10.5. The van der Waals surface area contributed by atoms with Crippen LogP contribution in [0.25, 0.3) is 0 Å². The van der Waals surface area contributed by atoms with Crippen LogP contribution in [-0.4, -0.2) is 29.7 Å². The zero-order valence-electron chi connectivity index (χ0n) is 13.6. The predicted molar refractivity (Wildman–Crippen MR) is 89.9 cm³/mol. The third kappa shape index (κ3) is 4.58. The van der Waals surface area contributed by atoms with Crippen LogP contribution < -0.4 is 4.74 Å². The Bertz CT molecular complexity index is 569. The van der Waals surface area contributed by atoms with Crippen molar-refractivity contribution in [2.75, 3.05) is 13.7 Å². The van der Waals surface area contributed by atoms with Gasteiger partial charge in [-0.05, 0) is 37.1 Å². The van der Waals surface area contributed by atoms with E-state index in [-0.39, 0.29) is 0 Å². The average Bonchev–Trinajstić information content (AvgIpc) is 2.55. The average molecular weight is 299 g/mol. The lowest BCUT2D eigenvalue weighted by Gasteiger charge is -2.29. The van der Waals surface area contributed by atoms with Gasteiger partial charge in [0.15, 0.2) is 0 Å². The van der Waals surface area contributed by atoms with Crippen molar-refractivity contribution in [2.24, 2.45) is 0 Å². The van der Waals surface area contributed by atoms with E-state index >= 15 is 0 Å². The highest BCUT2D eigenvalue weighted by Crippen LogP contribution is 2.21. The molecule has 3 heteroatoms. The van der Waals surface area contributed by atoms with Crippen molar-refractivity contribution < 1.29 is 9.84 Å². The van der Waals surface area contributed by atoms with Crippen molar-refractivity contribution in [3.8, 4) is 5.75 Å². The standard InChI is InChI=1S/C19H25NO2/c1-15(2)20(13-16-8-5-4-6-9-16)14-19(21)17-10-7-11-18(12-17)22-3/h4-12,15,19,21H,13-14H2,1-3H3. The van der Waals surface area contributed by atoms with E-state index in [0.29, 0.717) is 12.6 Å². The molecule has 2 aromatic carbocycles. The molecule has 0 heterocycles. The largest absolute Gasteiger partial charge is 0.497 e. The first kappa shape index (κ1) is 16.5. The molecule has 1 atom stereocenters. The second-order valence-corrected chi connectivity index (χ2v) is 5.80. The molecule has 0 bridgehead atoms. The molecule has 0 amide bonds. The number of aliphatic hydroxyl groups is 1. The van der Waals surface area contributed by atoms with Crippen LogP contribution in [0.2, 0.25) is 0 Å². The van der Waals surface area contributed by atoms with Gasteiger partial charge < -0.3 is 9.84 Å². The Morgan fingerprint density at radius 2 is 1.77 bits per heavy atom. The molecule has 0 saturated heterocycles. The summed E-state index contributed by atoms with van der Waals surface area (Å²) in [7, 11) is 1.64. The maximum absolute atomic E-state index is 10.5. The van der Waals surface area contributed by atoms with Gasteiger partial charge in [-0.25, -0.2) is 0 Å². The third-order valence-electron chi connectivity index (χ3n) is 3.84. The minimum absolute atomic E-state index is 0.362. The SMILES string of the molecule is COc1cccc(C(O)CN(Cc2ccccc2)C(C)C)c1. The topological polar surface area (TPSA) is 32.7 Å². The summed E-state index contributed by atoms with van der Waals surface area (Å²) in [6, 6.07) is 18.3. The van der Waals surface area contributed by atoms with Crippen LogP contribution in [0.4, 0.5) is 0 Å². The van der Waals surface area contributed by atoms with Gasteiger partial charge in [0.1, 0.15) is 5.75 Å². The molecular weight excluding hydrogens is 274 g/mol. The van der Waals surface area contributed by atoms with Crippen LogP contribution in [0.1, 0.15) is 31.1 Å². The number of benzene rings is 2. The van der Waals surface area contributed by atoms with E-state index in [4.69, 9.17) is 4.74 Å². The van der Waals surface area contributed by atoms with E-state index in [1.54, 1.807) is 7.11 Å².